The fourth-order valence-corrected chi connectivity index (χ4v) is 3.46. The fourth-order valence-electron chi connectivity index (χ4n) is 2.79. The summed E-state index contributed by atoms with van der Waals surface area (Å²) >= 11 is 0. The first-order valence-electron chi connectivity index (χ1n) is 10.1. The van der Waals surface area contributed by atoms with Gasteiger partial charge in [0.25, 0.3) is 17.7 Å². The quantitative estimate of drug-likeness (QED) is 0.435. The number of benzene rings is 2. The molecule has 2 aromatic rings. The van der Waals surface area contributed by atoms with E-state index in [1.807, 2.05) is 6.92 Å². The molecule has 2 rings (SSSR count). The molecule has 0 bridgehead atoms. The van der Waals surface area contributed by atoms with Gasteiger partial charge in [0, 0.05) is 17.4 Å². The topological polar surface area (TPSA) is 140 Å². The van der Waals surface area contributed by atoms with Gasteiger partial charge in [0.15, 0.2) is 11.5 Å². The zero-order chi connectivity index (χ0) is 24.4. The molecule has 0 saturated heterocycles. The molecular formula is C22H27N3O7S. The van der Waals surface area contributed by atoms with Crippen molar-refractivity contribution in [1.29, 1.82) is 0 Å². The first-order valence-corrected chi connectivity index (χ1v) is 12.1. The SMILES string of the molecule is CCOc1ccc(C(=O)NNC(=O)[C@H](CCS(C)(=O)=O)NC(=O)c2ccccc2)cc1OC. The molecule has 0 spiro atoms. The van der Waals surface area contributed by atoms with E-state index in [0.29, 0.717) is 23.7 Å². The Hall–Kier alpha value is -3.60. The first-order chi connectivity index (χ1) is 15.6. The number of carbonyl (C=O) groups is 3. The zero-order valence-electron chi connectivity index (χ0n) is 18.6. The molecule has 0 aliphatic carbocycles. The van der Waals surface area contributed by atoms with Crippen LogP contribution in [0.4, 0.5) is 0 Å². The summed E-state index contributed by atoms with van der Waals surface area (Å²) in [5, 5.41) is 2.51. The molecule has 0 aliphatic heterocycles. The number of hydrogen-bond acceptors (Lipinski definition) is 7. The number of carbonyl (C=O) groups excluding carboxylic acids is 3. The third kappa shape index (κ3) is 8.11. The number of methoxy groups -OCH3 is 1. The Morgan fingerprint density at radius 3 is 2.24 bits per heavy atom. The number of ether oxygens (including phenoxy) is 2. The first kappa shape index (κ1) is 25.7. The van der Waals surface area contributed by atoms with Gasteiger partial charge in [-0.25, -0.2) is 8.42 Å². The Kier molecular flexibility index (Phi) is 9.22. The van der Waals surface area contributed by atoms with Crippen molar-refractivity contribution in [3.05, 3.63) is 59.7 Å². The van der Waals surface area contributed by atoms with Gasteiger partial charge in [-0.1, -0.05) is 18.2 Å². The molecule has 3 N–H and O–H groups in total. The average Bonchev–Trinajstić information content (AvgIpc) is 2.80. The van der Waals surface area contributed by atoms with Gasteiger partial charge in [0.1, 0.15) is 15.9 Å². The summed E-state index contributed by atoms with van der Waals surface area (Å²) in [6.45, 7) is 2.23. The smallest absolute Gasteiger partial charge is 0.269 e. The molecule has 0 fully saturated rings. The second-order valence-corrected chi connectivity index (χ2v) is 9.31. The monoisotopic (exact) mass is 477 g/mol. The summed E-state index contributed by atoms with van der Waals surface area (Å²) in [5.41, 5.74) is 4.98. The molecular weight excluding hydrogens is 450 g/mol. The predicted octanol–water partition coefficient (Wildman–Crippen LogP) is 1.09. The highest BCUT2D eigenvalue weighted by Crippen LogP contribution is 2.27. The molecule has 1 atom stereocenters. The van der Waals surface area contributed by atoms with Crippen LogP contribution in [-0.2, 0) is 14.6 Å². The molecule has 178 valence electrons. The van der Waals surface area contributed by atoms with Crippen LogP contribution in [0, 0.1) is 0 Å². The summed E-state index contributed by atoms with van der Waals surface area (Å²) in [6, 6.07) is 11.5. The molecule has 33 heavy (non-hydrogen) atoms. The number of nitrogens with one attached hydrogen (secondary N) is 3. The van der Waals surface area contributed by atoms with Crippen molar-refractivity contribution >= 4 is 27.6 Å². The Bertz CT molecular complexity index is 1090. The maximum Gasteiger partial charge on any atom is 0.269 e. The van der Waals surface area contributed by atoms with Crippen LogP contribution >= 0.6 is 0 Å². The van der Waals surface area contributed by atoms with Crippen LogP contribution in [0.2, 0.25) is 0 Å². The fraction of sp³-hybridized carbons (Fsp3) is 0.318. The minimum Gasteiger partial charge on any atom is -0.493 e. The van der Waals surface area contributed by atoms with Gasteiger partial charge in [-0.2, -0.15) is 0 Å². The molecule has 10 nitrogen and oxygen atoms in total. The van der Waals surface area contributed by atoms with Crippen LogP contribution in [0.5, 0.6) is 11.5 Å². The molecule has 0 unspecified atom stereocenters. The lowest BCUT2D eigenvalue weighted by atomic mass is 10.1. The number of hydrogen-bond donors (Lipinski definition) is 3. The van der Waals surface area contributed by atoms with E-state index in [1.165, 1.54) is 19.2 Å². The number of amides is 3. The second kappa shape index (κ2) is 11.9. The minimum atomic E-state index is -3.39. The molecule has 0 saturated carbocycles. The van der Waals surface area contributed by atoms with E-state index >= 15 is 0 Å². The third-order valence-corrected chi connectivity index (χ3v) is 5.44. The normalized spacial score (nSPS) is 11.7. The number of hydrazine groups is 1. The summed E-state index contributed by atoms with van der Waals surface area (Å²) in [7, 11) is -1.95. The Morgan fingerprint density at radius 1 is 0.939 bits per heavy atom. The number of sulfone groups is 1. The van der Waals surface area contributed by atoms with Crippen molar-refractivity contribution in [2.75, 3.05) is 25.7 Å². The van der Waals surface area contributed by atoms with Gasteiger partial charge < -0.3 is 14.8 Å². The highest BCUT2D eigenvalue weighted by Gasteiger charge is 2.24. The van der Waals surface area contributed by atoms with Crippen LogP contribution in [0.15, 0.2) is 48.5 Å². The van der Waals surface area contributed by atoms with Gasteiger partial charge in [-0.15, -0.1) is 0 Å². The number of rotatable bonds is 10. The molecule has 0 aromatic heterocycles. The lowest BCUT2D eigenvalue weighted by Crippen LogP contribution is -2.52. The van der Waals surface area contributed by atoms with E-state index in [1.54, 1.807) is 36.4 Å². The van der Waals surface area contributed by atoms with Gasteiger partial charge >= 0.3 is 0 Å². The molecule has 0 heterocycles. The van der Waals surface area contributed by atoms with Crippen molar-refractivity contribution < 1.29 is 32.3 Å². The maximum atomic E-state index is 12.6. The van der Waals surface area contributed by atoms with Crippen LogP contribution in [0.25, 0.3) is 0 Å². The van der Waals surface area contributed by atoms with E-state index in [2.05, 4.69) is 16.2 Å². The van der Waals surface area contributed by atoms with Crippen LogP contribution in [0.1, 0.15) is 34.1 Å². The third-order valence-electron chi connectivity index (χ3n) is 4.46. The predicted molar refractivity (Wildman–Crippen MR) is 122 cm³/mol. The van der Waals surface area contributed by atoms with Crippen LogP contribution < -0.4 is 25.6 Å². The van der Waals surface area contributed by atoms with E-state index in [0.717, 1.165) is 6.26 Å². The molecule has 3 amide bonds. The highest BCUT2D eigenvalue weighted by atomic mass is 32.2. The molecule has 0 aliphatic rings. The molecule has 0 radical (unpaired) electrons. The van der Waals surface area contributed by atoms with Crippen molar-refractivity contribution in [3.63, 3.8) is 0 Å². The Labute approximate surface area is 192 Å². The van der Waals surface area contributed by atoms with Gasteiger partial charge in [0.2, 0.25) is 0 Å². The van der Waals surface area contributed by atoms with Gasteiger partial charge in [0.05, 0.1) is 19.5 Å². The highest BCUT2D eigenvalue weighted by molar-refractivity contribution is 7.90. The summed E-state index contributed by atoms with van der Waals surface area (Å²) < 4.78 is 33.7. The van der Waals surface area contributed by atoms with E-state index in [4.69, 9.17) is 9.47 Å². The summed E-state index contributed by atoms with van der Waals surface area (Å²) in [5.74, 6) is -1.48. The van der Waals surface area contributed by atoms with Crippen molar-refractivity contribution in [1.82, 2.24) is 16.2 Å². The maximum absolute atomic E-state index is 12.6. The Balaban J connectivity index is 2.08. The summed E-state index contributed by atoms with van der Waals surface area (Å²) in [4.78, 5) is 37.6. The van der Waals surface area contributed by atoms with Gasteiger partial charge in [-0.05, 0) is 43.7 Å². The lowest BCUT2D eigenvalue weighted by Gasteiger charge is -2.19. The molecule has 11 heteroatoms. The summed E-state index contributed by atoms with van der Waals surface area (Å²) in [6.07, 6.45) is 0.859. The van der Waals surface area contributed by atoms with Crippen molar-refractivity contribution in [2.45, 2.75) is 19.4 Å². The van der Waals surface area contributed by atoms with Crippen molar-refractivity contribution in [2.24, 2.45) is 0 Å². The zero-order valence-corrected chi connectivity index (χ0v) is 19.4. The standard InChI is InChI=1S/C22H27N3O7S/c1-4-32-18-11-10-16(14-19(18)31-2)21(27)24-25-22(28)17(12-13-33(3,29)30)23-20(26)15-8-6-5-7-9-15/h5-11,14,17H,4,12-13H2,1-3H3,(H,23,26)(H,24,27)(H,25,28)/t17-/m0/s1. The largest absolute Gasteiger partial charge is 0.493 e. The Morgan fingerprint density at radius 2 is 1.64 bits per heavy atom. The van der Waals surface area contributed by atoms with Crippen LogP contribution in [-0.4, -0.2) is 57.9 Å². The van der Waals surface area contributed by atoms with Crippen LogP contribution in [0.3, 0.4) is 0 Å². The van der Waals surface area contributed by atoms with E-state index in [-0.39, 0.29) is 17.7 Å². The lowest BCUT2D eigenvalue weighted by molar-refractivity contribution is -0.123. The minimum absolute atomic E-state index is 0.171. The van der Waals surface area contributed by atoms with Crippen molar-refractivity contribution in [3.8, 4) is 11.5 Å². The van der Waals surface area contributed by atoms with E-state index in [9.17, 15) is 22.8 Å². The second-order valence-electron chi connectivity index (χ2n) is 7.05. The average molecular weight is 478 g/mol. The van der Waals surface area contributed by atoms with E-state index < -0.39 is 33.6 Å². The molecule has 2 aromatic carbocycles. The van der Waals surface area contributed by atoms with Gasteiger partial charge in [-0.3, -0.25) is 25.2 Å².